The molecule has 0 N–H and O–H groups in total. The Morgan fingerprint density at radius 2 is 1.35 bits per heavy atom. The molecule has 0 aromatic heterocycles. The predicted octanol–water partition coefficient (Wildman–Crippen LogP) is 5.10. The van der Waals surface area contributed by atoms with Crippen LogP contribution < -0.4 is 0 Å². The van der Waals surface area contributed by atoms with Crippen molar-refractivity contribution in [1.29, 1.82) is 0 Å². The Morgan fingerprint density at radius 3 is 1.85 bits per heavy atom. The third-order valence-electron chi connectivity index (χ3n) is 3.36. The summed E-state index contributed by atoms with van der Waals surface area (Å²) in [5.41, 5.74) is 0. The Morgan fingerprint density at radius 1 is 0.850 bits per heavy atom. The Labute approximate surface area is 131 Å². The highest BCUT2D eigenvalue weighted by Crippen LogP contribution is 2.11. The van der Waals surface area contributed by atoms with Crippen LogP contribution in [-0.2, 0) is 24.1 Å². The summed E-state index contributed by atoms with van der Waals surface area (Å²) in [5, 5.41) is 0. The Balaban J connectivity index is 3.50. The average molecular weight is 323 g/mol. The fourth-order valence-corrected chi connectivity index (χ4v) is 3.69. The Kier molecular flexibility index (Phi) is 12.1. The number of rotatable bonds is 13. The molecule has 0 saturated carbocycles. The Bertz CT molecular complexity index is 308. The van der Waals surface area contributed by atoms with E-state index in [-0.39, 0.29) is 0 Å². The summed E-state index contributed by atoms with van der Waals surface area (Å²) < 4.78 is 17.4. The van der Waals surface area contributed by atoms with Crippen LogP contribution in [0.5, 0.6) is 0 Å². The first-order valence-corrected chi connectivity index (χ1v) is 10.8. The van der Waals surface area contributed by atoms with Gasteiger partial charge in [0.15, 0.2) is 0 Å². The minimum Gasteiger partial charge on any atom is -0.290 e. The van der Waals surface area contributed by atoms with Gasteiger partial charge in [0.2, 0.25) is 0 Å². The molecule has 0 aromatic carbocycles. The van der Waals surface area contributed by atoms with Crippen molar-refractivity contribution in [3.05, 3.63) is 0 Å². The quantitative estimate of drug-likeness (QED) is 0.441. The van der Waals surface area contributed by atoms with Crippen LogP contribution >= 0.6 is 0 Å². The van der Waals surface area contributed by atoms with Gasteiger partial charge in [0.25, 0.3) is 0 Å². The molecule has 0 aromatic rings. The van der Waals surface area contributed by atoms with Crippen LogP contribution in [0.2, 0.25) is 0 Å². The maximum atomic E-state index is 12.0. The van der Waals surface area contributed by atoms with Gasteiger partial charge in [-0.3, -0.25) is 4.18 Å². The van der Waals surface area contributed by atoms with Crippen LogP contribution in [0.4, 0.5) is 0 Å². The topological polar surface area (TPSA) is 26.3 Å². The molecule has 0 spiro atoms. The van der Waals surface area contributed by atoms with Gasteiger partial charge in [-0.25, -0.2) is 4.21 Å². The normalized spacial score (nSPS) is 14.9. The maximum Gasteiger partial charge on any atom is 0.144 e. The van der Waals surface area contributed by atoms with Crippen molar-refractivity contribution in [2.24, 2.45) is 11.8 Å². The second-order valence-electron chi connectivity index (χ2n) is 6.57. The van der Waals surface area contributed by atoms with Crippen molar-refractivity contribution >= 4 is 20.0 Å². The standard InChI is InChI=1S/C16H34O2S2/c1-15(2)11-7-5-9-13-18-20(17,19)14-10-6-8-12-16(3)4/h15-16H,5-14H2,1-4H3. The van der Waals surface area contributed by atoms with Crippen molar-refractivity contribution in [3.63, 3.8) is 0 Å². The number of unbranched alkanes of at least 4 members (excludes halogenated alkanes) is 4. The molecule has 20 heavy (non-hydrogen) atoms. The van der Waals surface area contributed by atoms with Gasteiger partial charge in [-0.2, -0.15) is 0 Å². The maximum absolute atomic E-state index is 12.0. The largest absolute Gasteiger partial charge is 0.290 e. The predicted molar refractivity (Wildman–Crippen MR) is 92.9 cm³/mol. The molecule has 0 amide bonds. The zero-order valence-electron chi connectivity index (χ0n) is 13.9. The lowest BCUT2D eigenvalue weighted by molar-refractivity contribution is 0.328. The summed E-state index contributed by atoms with van der Waals surface area (Å²) in [6, 6.07) is 0. The average Bonchev–Trinajstić information content (AvgIpc) is 2.32. The lowest BCUT2D eigenvalue weighted by Crippen LogP contribution is -2.10. The minimum absolute atomic E-state index is 0.548. The van der Waals surface area contributed by atoms with E-state index in [0.717, 1.165) is 37.5 Å². The van der Waals surface area contributed by atoms with E-state index >= 15 is 0 Å². The van der Waals surface area contributed by atoms with Crippen LogP contribution in [0.3, 0.4) is 0 Å². The Hall–Kier alpha value is 0.330. The monoisotopic (exact) mass is 322 g/mol. The highest BCUT2D eigenvalue weighted by atomic mass is 32.8. The molecular formula is C16H34O2S2. The molecule has 0 aliphatic heterocycles. The third kappa shape index (κ3) is 14.7. The van der Waals surface area contributed by atoms with Gasteiger partial charge in [-0.05, 0) is 24.7 Å². The molecular weight excluding hydrogens is 288 g/mol. The second-order valence-corrected chi connectivity index (χ2v) is 9.85. The van der Waals surface area contributed by atoms with E-state index in [0.29, 0.717) is 12.4 Å². The van der Waals surface area contributed by atoms with Gasteiger partial charge >= 0.3 is 0 Å². The molecule has 0 bridgehead atoms. The van der Waals surface area contributed by atoms with Crippen molar-refractivity contribution in [2.75, 3.05) is 12.4 Å². The lowest BCUT2D eigenvalue weighted by Gasteiger charge is -2.09. The lowest BCUT2D eigenvalue weighted by atomic mass is 10.1. The zero-order chi connectivity index (χ0) is 15.4. The van der Waals surface area contributed by atoms with Crippen molar-refractivity contribution in [3.8, 4) is 0 Å². The van der Waals surface area contributed by atoms with Gasteiger partial charge in [0, 0.05) is 11.2 Å². The van der Waals surface area contributed by atoms with E-state index in [2.05, 4.69) is 27.7 Å². The molecule has 0 aliphatic rings. The summed E-state index contributed by atoms with van der Waals surface area (Å²) in [6.45, 7) is 9.52. The first kappa shape index (κ1) is 20.3. The van der Waals surface area contributed by atoms with Gasteiger partial charge in [-0.1, -0.05) is 66.2 Å². The van der Waals surface area contributed by atoms with Crippen LogP contribution in [-0.4, -0.2) is 16.6 Å². The molecule has 1 atom stereocenters. The van der Waals surface area contributed by atoms with Gasteiger partial charge in [0.05, 0.1) is 12.4 Å². The SMILES string of the molecule is CC(C)CCCCCOS(=O)(=S)CCCCCC(C)C. The van der Waals surface area contributed by atoms with Crippen molar-refractivity contribution in [1.82, 2.24) is 0 Å². The number of hydrogen-bond acceptors (Lipinski definition) is 3. The fraction of sp³-hybridized carbons (Fsp3) is 1.00. The fourth-order valence-electron chi connectivity index (χ4n) is 2.08. The summed E-state index contributed by atoms with van der Waals surface area (Å²) in [4.78, 5) is 0. The second kappa shape index (κ2) is 11.9. The molecule has 122 valence electrons. The zero-order valence-corrected chi connectivity index (χ0v) is 15.5. The first-order chi connectivity index (χ1) is 9.33. The van der Waals surface area contributed by atoms with Gasteiger partial charge in [0.1, 0.15) is 8.77 Å². The van der Waals surface area contributed by atoms with Crippen molar-refractivity contribution < 1.29 is 8.39 Å². The van der Waals surface area contributed by atoms with Crippen LogP contribution in [0.1, 0.15) is 79.1 Å². The van der Waals surface area contributed by atoms with E-state index in [1.54, 1.807) is 0 Å². The molecule has 0 fully saturated rings. The van der Waals surface area contributed by atoms with Crippen LogP contribution in [0.15, 0.2) is 0 Å². The first-order valence-electron chi connectivity index (χ1n) is 8.20. The van der Waals surface area contributed by atoms with E-state index in [4.69, 9.17) is 15.4 Å². The van der Waals surface area contributed by atoms with Crippen LogP contribution in [0.25, 0.3) is 0 Å². The molecule has 1 unspecified atom stereocenters. The smallest absolute Gasteiger partial charge is 0.144 e. The molecule has 0 rings (SSSR count). The summed E-state index contributed by atoms with van der Waals surface area (Å²) in [5.74, 6) is 2.07. The van der Waals surface area contributed by atoms with Gasteiger partial charge < -0.3 is 0 Å². The molecule has 0 aliphatic carbocycles. The van der Waals surface area contributed by atoms with E-state index in [1.807, 2.05) is 0 Å². The molecule has 4 heteroatoms. The van der Waals surface area contributed by atoms with Gasteiger partial charge in [-0.15, -0.1) is 0 Å². The van der Waals surface area contributed by atoms with Crippen molar-refractivity contribution in [2.45, 2.75) is 79.1 Å². The number of hydrogen-bond donors (Lipinski definition) is 0. The summed E-state index contributed by atoms with van der Waals surface area (Å²) in [6.07, 6.45) is 9.12. The third-order valence-corrected chi connectivity index (χ3v) is 5.47. The molecule has 0 heterocycles. The highest BCUT2D eigenvalue weighted by molar-refractivity contribution is 8.30. The molecule has 0 saturated heterocycles. The van der Waals surface area contributed by atoms with E-state index in [1.165, 1.54) is 25.7 Å². The summed E-state index contributed by atoms with van der Waals surface area (Å²) in [7, 11) is -2.45. The van der Waals surface area contributed by atoms with Crippen LogP contribution in [0, 0.1) is 11.8 Å². The molecule has 2 nitrogen and oxygen atoms in total. The minimum atomic E-state index is -2.45. The van der Waals surface area contributed by atoms with E-state index < -0.39 is 8.77 Å². The van der Waals surface area contributed by atoms with E-state index in [9.17, 15) is 4.21 Å². The highest BCUT2D eigenvalue weighted by Gasteiger charge is 2.06. The molecule has 0 radical (unpaired) electrons. The summed E-state index contributed by atoms with van der Waals surface area (Å²) >= 11 is 5.07.